The summed E-state index contributed by atoms with van der Waals surface area (Å²) < 4.78 is 42.6. The van der Waals surface area contributed by atoms with Crippen molar-refractivity contribution in [2.45, 2.75) is 37.2 Å². The Hall–Kier alpha value is -0.710. The van der Waals surface area contributed by atoms with Crippen LogP contribution in [0.5, 0.6) is 0 Å². The Kier molecular flexibility index (Phi) is 4.86. The normalized spacial score (nSPS) is 26.8. The minimum absolute atomic E-state index is 0.0566. The number of methoxy groups -OCH3 is 1. The molecule has 17 heavy (non-hydrogen) atoms. The van der Waals surface area contributed by atoms with E-state index in [1.165, 1.54) is 0 Å². The van der Waals surface area contributed by atoms with Crippen LogP contribution in [0.3, 0.4) is 0 Å². The third-order valence-electron chi connectivity index (χ3n) is 2.90. The first-order valence-corrected chi connectivity index (χ1v) is 5.79. The zero-order chi connectivity index (χ0) is 13.1. The fourth-order valence-electron chi connectivity index (χ4n) is 1.98. The third kappa shape index (κ3) is 4.22. The number of halogens is 4. The second kappa shape index (κ2) is 5.76. The second-order valence-corrected chi connectivity index (χ2v) is 4.69. The maximum atomic E-state index is 12.8. The van der Waals surface area contributed by atoms with E-state index in [1.807, 2.05) is 0 Å². The van der Waals surface area contributed by atoms with Gasteiger partial charge < -0.3 is 4.74 Å². The lowest BCUT2D eigenvalue weighted by molar-refractivity contribution is -0.136. The van der Waals surface area contributed by atoms with Gasteiger partial charge in [0.1, 0.15) is 0 Å². The Morgan fingerprint density at radius 2 is 1.82 bits per heavy atom. The van der Waals surface area contributed by atoms with E-state index in [1.54, 1.807) is 0 Å². The van der Waals surface area contributed by atoms with Gasteiger partial charge in [0, 0.05) is 17.0 Å². The number of ether oxygens (including phenoxy) is 1. The van der Waals surface area contributed by atoms with Crippen molar-refractivity contribution >= 4 is 17.6 Å². The van der Waals surface area contributed by atoms with Crippen molar-refractivity contribution in [1.29, 1.82) is 0 Å². The summed E-state index contributed by atoms with van der Waals surface area (Å²) in [5, 5.41) is -0.0566. The highest BCUT2D eigenvalue weighted by molar-refractivity contribution is 6.20. The van der Waals surface area contributed by atoms with Crippen LogP contribution in [0.1, 0.15) is 25.7 Å². The number of carbonyl (C=O) groups excluding carboxylic acids is 1. The van der Waals surface area contributed by atoms with Crippen LogP contribution >= 0.6 is 11.6 Å². The number of carbonyl (C=O) groups is 1. The van der Waals surface area contributed by atoms with Crippen LogP contribution in [0, 0.1) is 5.92 Å². The molecule has 6 heteroatoms. The Bertz CT molecular complexity index is 304. The maximum Gasteiger partial charge on any atom is 0.413 e. The Labute approximate surface area is 103 Å². The van der Waals surface area contributed by atoms with Crippen LogP contribution in [0.15, 0.2) is 11.6 Å². The highest BCUT2D eigenvalue weighted by Crippen LogP contribution is 2.40. The first-order valence-electron chi connectivity index (χ1n) is 5.35. The average molecular weight is 271 g/mol. The monoisotopic (exact) mass is 270 g/mol. The van der Waals surface area contributed by atoms with Crippen LogP contribution in [0.4, 0.5) is 13.2 Å². The van der Waals surface area contributed by atoms with E-state index in [0.717, 1.165) is 7.11 Å². The third-order valence-corrected chi connectivity index (χ3v) is 3.33. The molecule has 0 radical (unpaired) electrons. The van der Waals surface area contributed by atoms with Gasteiger partial charge in [0.25, 0.3) is 0 Å². The molecule has 2 nitrogen and oxygen atoms in total. The van der Waals surface area contributed by atoms with Gasteiger partial charge in [-0.2, -0.15) is 13.2 Å². The molecule has 0 aliphatic heterocycles. The lowest BCUT2D eigenvalue weighted by Crippen LogP contribution is -2.25. The zero-order valence-corrected chi connectivity index (χ0v) is 10.1. The minimum atomic E-state index is -4.49. The topological polar surface area (TPSA) is 26.3 Å². The summed E-state index contributed by atoms with van der Waals surface area (Å²) >= 11 is 5.84. The fourth-order valence-corrected chi connectivity index (χ4v) is 2.23. The highest BCUT2D eigenvalue weighted by Gasteiger charge is 2.40. The smallest absolute Gasteiger partial charge is 0.413 e. The quantitative estimate of drug-likeness (QED) is 0.436. The molecule has 0 bridgehead atoms. The number of esters is 1. The van der Waals surface area contributed by atoms with Crippen molar-refractivity contribution in [1.82, 2.24) is 0 Å². The summed E-state index contributed by atoms with van der Waals surface area (Å²) in [5.41, 5.74) is -0.798. The molecular formula is C11H14ClF3O2. The lowest BCUT2D eigenvalue weighted by Gasteiger charge is -2.28. The van der Waals surface area contributed by atoms with Crippen LogP contribution in [-0.4, -0.2) is 24.6 Å². The molecule has 0 spiro atoms. The van der Waals surface area contributed by atoms with Crippen LogP contribution < -0.4 is 0 Å². The molecule has 0 aromatic carbocycles. The van der Waals surface area contributed by atoms with Gasteiger partial charge in [-0.05, 0) is 31.6 Å². The summed E-state index contributed by atoms with van der Waals surface area (Å²) in [6, 6.07) is 0. The molecule has 0 aromatic rings. The van der Waals surface area contributed by atoms with E-state index in [-0.39, 0.29) is 5.38 Å². The summed E-state index contributed by atoms with van der Waals surface area (Å²) in [4.78, 5) is 11.0. The van der Waals surface area contributed by atoms with E-state index in [4.69, 9.17) is 11.6 Å². The van der Waals surface area contributed by atoms with Gasteiger partial charge in [0.05, 0.1) is 7.11 Å². The van der Waals surface area contributed by atoms with Gasteiger partial charge in [0.2, 0.25) is 0 Å². The van der Waals surface area contributed by atoms with Crippen molar-refractivity contribution in [3.8, 4) is 0 Å². The summed E-state index contributed by atoms with van der Waals surface area (Å²) in [6.07, 6.45) is -2.13. The largest absolute Gasteiger partial charge is 0.466 e. The maximum absolute atomic E-state index is 12.8. The SMILES string of the molecule is COC(=O)/C=C(/C1CCC(Cl)CC1)C(F)(F)F. The molecule has 0 saturated heterocycles. The van der Waals surface area contributed by atoms with Crippen LogP contribution in [-0.2, 0) is 9.53 Å². The predicted octanol–water partition coefficient (Wildman–Crippen LogP) is 3.45. The molecule has 1 aliphatic carbocycles. The van der Waals surface area contributed by atoms with E-state index in [2.05, 4.69) is 4.74 Å². The fraction of sp³-hybridized carbons (Fsp3) is 0.727. The standard InChI is InChI=1S/C11H14ClF3O2/c1-17-10(16)6-9(11(13,14)15)7-2-4-8(12)5-3-7/h6-8H,2-5H2,1H3/b9-6-. The molecule has 1 fully saturated rings. The van der Waals surface area contributed by atoms with Gasteiger partial charge in [-0.25, -0.2) is 4.79 Å². The second-order valence-electron chi connectivity index (χ2n) is 4.07. The molecule has 98 valence electrons. The molecular weight excluding hydrogens is 257 g/mol. The molecule has 1 rings (SSSR count). The summed E-state index contributed by atoms with van der Waals surface area (Å²) in [7, 11) is 1.06. The zero-order valence-electron chi connectivity index (χ0n) is 9.39. The van der Waals surface area contributed by atoms with Gasteiger partial charge in [-0.15, -0.1) is 11.6 Å². The molecule has 0 amide bonds. The first-order chi connectivity index (χ1) is 7.84. The number of alkyl halides is 4. The molecule has 0 heterocycles. The van der Waals surface area contributed by atoms with Crippen molar-refractivity contribution in [3.05, 3.63) is 11.6 Å². The van der Waals surface area contributed by atoms with Gasteiger partial charge in [-0.1, -0.05) is 0 Å². The van der Waals surface area contributed by atoms with Gasteiger partial charge >= 0.3 is 12.1 Å². The number of hydrogen-bond donors (Lipinski definition) is 0. The van der Waals surface area contributed by atoms with E-state index < -0.39 is 23.6 Å². The van der Waals surface area contributed by atoms with Crippen molar-refractivity contribution in [2.24, 2.45) is 5.92 Å². The predicted molar refractivity (Wildman–Crippen MR) is 57.8 cm³/mol. The molecule has 1 saturated carbocycles. The molecule has 1 aliphatic rings. The van der Waals surface area contributed by atoms with Crippen molar-refractivity contribution in [2.75, 3.05) is 7.11 Å². The summed E-state index contributed by atoms with van der Waals surface area (Å²) in [6.45, 7) is 0. The molecule has 0 unspecified atom stereocenters. The number of allylic oxidation sites excluding steroid dienone is 1. The Balaban J connectivity index is 2.84. The van der Waals surface area contributed by atoms with Crippen molar-refractivity contribution < 1.29 is 22.7 Å². The van der Waals surface area contributed by atoms with E-state index in [9.17, 15) is 18.0 Å². The van der Waals surface area contributed by atoms with Gasteiger partial charge in [0.15, 0.2) is 0 Å². The lowest BCUT2D eigenvalue weighted by atomic mass is 9.83. The molecule has 0 N–H and O–H groups in total. The Morgan fingerprint density at radius 1 is 1.29 bits per heavy atom. The first kappa shape index (κ1) is 14.4. The van der Waals surface area contributed by atoms with E-state index >= 15 is 0 Å². The molecule has 0 atom stereocenters. The van der Waals surface area contributed by atoms with Crippen LogP contribution in [0.25, 0.3) is 0 Å². The Morgan fingerprint density at radius 3 is 2.24 bits per heavy atom. The van der Waals surface area contributed by atoms with Crippen LogP contribution in [0.2, 0.25) is 0 Å². The number of hydrogen-bond acceptors (Lipinski definition) is 2. The highest BCUT2D eigenvalue weighted by atomic mass is 35.5. The van der Waals surface area contributed by atoms with E-state index in [0.29, 0.717) is 31.8 Å². The minimum Gasteiger partial charge on any atom is -0.466 e. The summed E-state index contributed by atoms with van der Waals surface area (Å²) in [5.74, 6) is -1.62. The number of rotatable bonds is 2. The average Bonchev–Trinajstić information content (AvgIpc) is 2.25. The van der Waals surface area contributed by atoms with Crippen molar-refractivity contribution in [3.63, 3.8) is 0 Å². The van der Waals surface area contributed by atoms with Gasteiger partial charge in [-0.3, -0.25) is 0 Å². The molecule has 0 aromatic heterocycles.